The Morgan fingerprint density at radius 2 is 2.00 bits per heavy atom. The third-order valence-electron chi connectivity index (χ3n) is 3.06. The van der Waals surface area contributed by atoms with Crippen LogP contribution in [0.15, 0.2) is 46.1 Å². The third-order valence-corrected chi connectivity index (χ3v) is 3.25. The summed E-state index contributed by atoms with van der Waals surface area (Å²) < 4.78 is 5.25. The van der Waals surface area contributed by atoms with Gasteiger partial charge >= 0.3 is 0 Å². The molecule has 2 N–H and O–H groups in total. The van der Waals surface area contributed by atoms with Gasteiger partial charge in [-0.3, -0.25) is 5.43 Å². The van der Waals surface area contributed by atoms with E-state index in [4.69, 9.17) is 16.6 Å². The molecule has 0 fully saturated rings. The second-order valence-electron chi connectivity index (χ2n) is 4.49. The summed E-state index contributed by atoms with van der Waals surface area (Å²) in [6, 6.07) is 9.71. The van der Waals surface area contributed by atoms with Gasteiger partial charge in [0.2, 0.25) is 0 Å². The molecule has 0 aliphatic carbocycles. The van der Waals surface area contributed by atoms with Crippen LogP contribution in [0, 0.1) is 13.8 Å². The molecular formula is C15H17N3OS. The monoisotopic (exact) mass is 287 g/mol. The average Bonchev–Trinajstić information content (AvgIpc) is 2.95. The molecule has 2 aromatic rings. The lowest BCUT2D eigenvalue weighted by atomic mass is 10.1. The van der Waals surface area contributed by atoms with Crippen molar-refractivity contribution in [3.63, 3.8) is 0 Å². The number of hydrogen-bond acceptors (Lipinski definition) is 3. The quantitative estimate of drug-likeness (QED) is 0.514. The summed E-state index contributed by atoms with van der Waals surface area (Å²) in [5.74, 6) is 0.715. The number of hydrogen-bond donors (Lipinski definition) is 2. The number of nitrogens with one attached hydrogen (secondary N) is 2. The van der Waals surface area contributed by atoms with Crippen LogP contribution in [0.3, 0.4) is 0 Å². The van der Waals surface area contributed by atoms with Crippen LogP contribution in [-0.4, -0.2) is 10.8 Å². The van der Waals surface area contributed by atoms with Crippen molar-refractivity contribution in [2.24, 2.45) is 5.10 Å². The number of rotatable bonds is 3. The van der Waals surface area contributed by atoms with Gasteiger partial charge in [-0.1, -0.05) is 12.1 Å². The molecule has 0 saturated heterocycles. The van der Waals surface area contributed by atoms with E-state index in [0.29, 0.717) is 10.9 Å². The molecule has 5 heteroatoms. The lowest BCUT2D eigenvalue weighted by Crippen LogP contribution is -2.25. The van der Waals surface area contributed by atoms with Crippen molar-refractivity contribution in [2.45, 2.75) is 20.8 Å². The van der Waals surface area contributed by atoms with Gasteiger partial charge in [-0.05, 0) is 62.3 Å². The van der Waals surface area contributed by atoms with Crippen molar-refractivity contribution < 1.29 is 4.42 Å². The fraction of sp³-hybridized carbons (Fsp3) is 0.200. The van der Waals surface area contributed by atoms with Crippen LogP contribution in [0.4, 0.5) is 5.69 Å². The molecule has 1 aromatic heterocycles. The maximum Gasteiger partial charge on any atom is 0.191 e. The molecule has 0 bridgehead atoms. The van der Waals surface area contributed by atoms with Gasteiger partial charge in [0.1, 0.15) is 11.5 Å². The molecule has 20 heavy (non-hydrogen) atoms. The molecule has 0 aliphatic heterocycles. The predicted octanol–water partition coefficient (Wildman–Crippen LogP) is 3.61. The number of furan rings is 1. The van der Waals surface area contributed by atoms with Crippen LogP contribution in [-0.2, 0) is 0 Å². The largest absolute Gasteiger partial charge is 0.463 e. The summed E-state index contributed by atoms with van der Waals surface area (Å²) >= 11 is 5.23. The number of benzene rings is 1. The Labute approximate surface area is 123 Å². The molecule has 104 valence electrons. The number of anilines is 1. The average molecular weight is 287 g/mol. The first-order chi connectivity index (χ1) is 9.58. The SMILES string of the molecule is C/C(=N/NC(=S)Nc1cccc(C)c1C)c1ccco1. The molecular weight excluding hydrogens is 270 g/mol. The first kappa shape index (κ1) is 14.3. The van der Waals surface area contributed by atoms with Crippen molar-refractivity contribution in [3.8, 4) is 0 Å². The number of aryl methyl sites for hydroxylation is 1. The van der Waals surface area contributed by atoms with Gasteiger partial charge in [0.25, 0.3) is 0 Å². The van der Waals surface area contributed by atoms with Gasteiger partial charge in [-0.25, -0.2) is 0 Å². The second-order valence-corrected chi connectivity index (χ2v) is 4.90. The van der Waals surface area contributed by atoms with Gasteiger partial charge in [0.05, 0.1) is 6.26 Å². The zero-order valence-corrected chi connectivity index (χ0v) is 12.5. The number of thiocarbonyl (C=S) groups is 1. The molecule has 0 spiro atoms. The summed E-state index contributed by atoms with van der Waals surface area (Å²) in [6.07, 6.45) is 1.61. The van der Waals surface area contributed by atoms with Crippen molar-refractivity contribution in [2.75, 3.05) is 5.32 Å². The van der Waals surface area contributed by atoms with E-state index in [0.717, 1.165) is 11.4 Å². The Hall–Kier alpha value is -2.14. The fourth-order valence-electron chi connectivity index (χ4n) is 1.71. The maximum absolute atomic E-state index is 5.25. The summed E-state index contributed by atoms with van der Waals surface area (Å²) in [6.45, 7) is 5.97. The minimum Gasteiger partial charge on any atom is -0.463 e. The standard InChI is InChI=1S/C15H17N3OS/c1-10-6-4-7-13(11(10)2)16-15(20)18-17-12(3)14-8-5-9-19-14/h4-9H,1-3H3,(H2,16,18,20)/b17-12-. The van der Waals surface area contributed by atoms with Gasteiger partial charge < -0.3 is 9.73 Å². The number of nitrogens with zero attached hydrogens (tertiary/aromatic N) is 1. The Kier molecular flexibility index (Phi) is 4.53. The number of hydrazone groups is 1. The topological polar surface area (TPSA) is 49.6 Å². The highest BCUT2D eigenvalue weighted by Gasteiger charge is 2.03. The van der Waals surface area contributed by atoms with Crippen LogP contribution in [0.2, 0.25) is 0 Å². The van der Waals surface area contributed by atoms with Crippen molar-refractivity contribution >= 4 is 28.7 Å². The smallest absolute Gasteiger partial charge is 0.191 e. The van der Waals surface area contributed by atoms with Crippen LogP contribution < -0.4 is 10.7 Å². The summed E-state index contributed by atoms with van der Waals surface area (Å²) in [7, 11) is 0. The highest BCUT2D eigenvalue weighted by atomic mass is 32.1. The molecule has 0 radical (unpaired) electrons. The van der Waals surface area contributed by atoms with Crippen LogP contribution in [0.1, 0.15) is 23.8 Å². The zero-order chi connectivity index (χ0) is 14.5. The van der Waals surface area contributed by atoms with Gasteiger partial charge in [-0.2, -0.15) is 5.10 Å². The van der Waals surface area contributed by atoms with Gasteiger partial charge in [0.15, 0.2) is 5.11 Å². The van der Waals surface area contributed by atoms with E-state index in [1.165, 1.54) is 11.1 Å². The van der Waals surface area contributed by atoms with E-state index in [9.17, 15) is 0 Å². The molecule has 0 atom stereocenters. The summed E-state index contributed by atoms with van der Waals surface area (Å²) in [5, 5.41) is 7.77. The van der Waals surface area contributed by atoms with Gasteiger partial charge in [-0.15, -0.1) is 0 Å². The molecule has 1 heterocycles. The summed E-state index contributed by atoms with van der Waals surface area (Å²) in [5.41, 5.74) is 6.92. The first-order valence-electron chi connectivity index (χ1n) is 6.29. The maximum atomic E-state index is 5.25. The van der Waals surface area contributed by atoms with E-state index in [2.05, 4.69) is 35.8 Å². The molecule has 0 saturated carbocycles. The normalized spacial score (nSPS) is 11.2. The minimum atomic E-state index is 0.449. The Bertz CT molecular complexity index is 633. The lowest BCUT2D eigenvalue weighted by Gasteiger charge is -2.11. The van der Waals surface area contributed by atoms with E-state index in [1.807, 2.05) is 31.2 Å². The second kappa shape index (κ2) is 6.34. The summed E-state index contributed by atoms with van der Waals surface area (Å²) in [4.78, 5) is 0. The molecule has 4 nitrogen and oxygen atoms in total. The molecule has 1 aromatic carbocycles. The molecule has 0 unspecified atom stereocenters. The molecule has 0 aliphatic rings. The van der Waals surface area contributed by atoms with Gasteiger partial charge in [0, 0.05) is 5.69 Å². The van der Waals surface area contributed by atoms with Crippen LogP contribution in [0.25, 0.3) is 0 Å². The van der Waals surface area contributed by atoms with Crippen molar-refractivity contribution in [1.82, 2.24) is 5.43 Å². The minimum absolute atomic E-state index is 0.449. The van der Waals surface area contributed by atoms with E-state index in [-0.39, 0.29) is 0 Å². The molecule has 0 amide bonds. The van der Waals surface area contributed by atoms with Crippen molar-refractivity contribution in [3.05, 3.63) is 53.5 Å². The first-order valence-corrected chi connectivity index (χ1v) is 6.70. The Morgan fingerprint density at radius 3 is 2.70 bits per heavy atom. The lowest BCUT2D eigenvalue weighted by molar-refractivity contribution is 0.556. The van der Waals surface area contributed by atoms with E-state index in [1.54, 1.807) is 6.26 Å². The Morgan fingerprint density at radius 1 is 1.20 bits per heavy atom. The van der Waals surface area contributed by atoms with Crippen molar-refractivity contribution in [1.29, 1.82) is 0 Å². The third kappa shape index (κ3) is 3.45. The fourth-order valence-corrected chi connectivity index (χ4v) is 1.87. The van der Waals surface area contributed by atoms with Crippen LogP contribution in [0.5, 0.6) is 0 Å². The van der Waals surface area contributed by atoms with Crippen LogP contribution >= 0.6 is 12.2 Å². The van der Waals surface area contributed by atoms with E-state index >= 15 is 0 Å². The molecule has 2 rings (SSSR count). The predicted molar refractivity (Wildman–Crippen MR) is 86.2 cm³/mol. The highest BCUT2D eigenvalue weighted by Crippen LogP contribution is 2.17. The highest BCUT2D eigenvalue weighted by molar-refractivity contribution is 7.80. The zero-order valence-electron chi connectivity index (χ0n) is 11.7. The van der Waals surface area contributed by atoms with E-state index < -0.39 is 0 Å². The Balaban J connectivity index is 1.99.